The lowest BCUT2D eigenvalue weighted by molar-refractivity contribution is 0.579. The minimum Gasteiger partial charge on any atom is -0.207 e. The van der Waals surface area contributed by atoms with Gasteiger partial charge in [-0.2, -0.15) is 0 Å². The Bertz CT molecular complexity index is 532. The van der Waals surface area contributed by atoms with Crippen molar-refractivity contribution in [2.75, 3.05) is 0 Å². The third kappa shape index (κ3) is 3.30. The quantitative estimate of drug-likeness (QED) is 0.701. The fourth-order valence-electron chi connectivity index (χ4n) is 1.92. The predicted octanol–water partition coefficient (Wildman–Crippen LogP) is 4.80. The van der Waals surface area contributed by atoms with E-state index in [2.05, 4.69) is 0 Å². The van der Waals surface area contributed by atoms with E-state index in [1.807, 2.05) is 31.2 Å². The highest BCUT2D eigenvalue weighted by Crippen LogP contribution is 2.26. The van der Waals surface area contributed by atoms with Crippen molar-refractivity contribution in [1.82, 2.24) is 0 Å². The van der Waals surface area contributed by atoms with Gasteiger partial charge in [0.25, 0.3) is 0 Å². The van der Waals surface area contributed by atoms with Gasteiger partial charge < -0.3 is 0 Å². The van der Waals surface area contributed by atoms with Crippen LogP contribution in [0.3, 0.4) is 0 Å². The minimum atomic E-state index is -0.597. The fourth-order valence-corrected chi connectivity index (χ4v) is 2.22. The van der Waals surface area contributed by atoms with Crippen molar-refractivity contribution < 1.29 is 8.78 Å². The van der Waals surface area contributed by atoms with Crippen LogP contribution in [-0.2, 0) is 6.42 Å². The average Bonchev–Trinajstić information content (AvgIpc) is 2.27. The van der Waals surface area contributed by atoms with Gasteiger partial charge in [-0.1, -0.05) is 29.8 Å². The number of hydrogen-bond donors (Lipinski definition) is 0. The molecule has 1 atom stereocenters. The van der Waals surface area contributed by atoms with Gasteiger partial charge in [-0.25, -0.2) is 8.78 Å². The topological polar surface area (TPSA) is 0 Å². The molecule has 0 nitrogen and oxygen atoms in total. The summed E-state index contributed by atoms with van der Waals surface area (Å²) < 4.78 is 26.2. The molecule has 3 heteroatoms. The highest BCUT2D eigenvalue weighted by Gasteiger charge is 2.11. The van der Waals surface area contributed by atoms with Gasteiger partial charge >= 0.3 is 0 Å². The Kier molecular flexibility index (Phi) is 3.97. The Balaban J connectivity index is 2.19. The second-order valence-electron chi connectivity index (χ2n) is 4.36. The van der Waals surface area contributed by atoms with E-state index in [1.54, 1.807) is 0 Å². The van der Waals surface area contributed by atoms with E-state index in [-0.39, 0.29) is 0 Å². The smallest absolute Gasteiger partial charge is 0.126 e. The van der Waals surface area contributed by atoms with Crippen LogP contribution in [0.5, 0.6) is 0 Å². The molecule has 0 aromatic heterocycles. The van der Waals surface area contributed by atoms with Gasteiger partial charge in [-0.3, -0.25) is 0 Å². The van der Waals surface area contributed by atoms with E-state index in [9.17, 15) is 8.78 Å². The number of hydrogen-bond acceptors (Lipinski definition) is 0. The summed E-state index contributed by atoms with van der Waals surface area (Å²) in [5.41, 5.74) is 2.66. The van der Waals surface area contributed by atoms with Gasteiger partial charge in [0.05, 0.1) is 5.38 Å². The van der Waals surface area contributed by atoms with Crippen LogP contribution >= 0.6 is 11.6 Å². The highest BCUT2D eigenvalue weighted by molar-refractivity contribution is 6.20. The monoisotopic (exact) mass is 266 g/mol. The molecule has 18 heavy (non-hydrogen) atoms. The predicted molar refractivity (Wildman–Crippen MR) is 69.8 cm³/mol. The molecule has 0 bridgehead atoms. The first-order valence-electron chi connectivity index (χ1n) is 5.70. The van der Waals surface area contributed by atoms with Gasteiger partial charge in [0.15, 0.2) is 0 Å². The summed E-state index contributed by atoms with van der Waals surface area (Å²) in [7, 11) is 0. The first-order chi connectivity index (χ1) is 8.54. The summed E-state index contributed by atoms with van der Waals surface area (Å²) in [5.74, 6) is -1.19. The molecule has 0 N–H and O–H groups in total. The molecule has 0 aliphatic heterocycles. The van der Waals surface area contributed by atoms with Crippen molar-refractivity contribution in [2.45, 2.75) is 18.7 Å². The number of alkyl halides is 1. The second-order valence-corrected chi connectivity index (χ2v) is 4.89. The first kappa shape index (κ1) is 13.0. The standard InChI is InChI=1S/C15H13ClF2/c1-10-3-2-4-11(5-10)6-15(16)12-7-13(17)9-14(18)8-12/h2-5,7-9,15H,6H2,1H3. The molecule has 0 saturated heterocycles. The molecule has 0 aliphatic rings. The SMILES string of the molecule is Cc1cccc(CC(Cl)c2cc(F)cc(F)c2)c1. The van der Waals surface area contributed by atoms with Crippen molar-refractivity contribution in [2.24, 2.45) is 0 Å². The Morgan fingerprint density at radius 1 is 1.06 bits per heavy atom. The van der Waals surface area contributed by atoms with Crippen LogP contribution in [0.1, 0.15) is 22.1 Å². The number of rotatable bonds is 3. The summed E-state index contributed by atoms with van der Waals surface area (Å²) in [6.07, 6.45) is 0.548. The first-order valence-corrected chi connectivity index (χ1v) is 6.14. The van der Waals surface area contributed by atoms with Gasteiger partial charge in [0.1, 0.15) is 11.6 Å². The van der Waals surface area contributed by atoms with Crippen LogP contribution in [0.15, 0.2) is 42.5 Å². The minimum absolute atomic E-state index is 0.433. The lowest BCUT2D eigenvalue weighted by atomic mass is 10.0. The molecular weight excluding hydrogens is 254 g/mol. The van der Waals surface area contributed by atoms with Crippen LogP contribution in [0.25, 0.3) is 0 Å². The third-order valence-corrected chi connectivity index (χ3v) is 3.15. The van der Waals surface area contributed by atoms with E-state index in [4.69, 9.17) is 11.6 Å². The molecule has 1 unspecified atom stereocenters. The highest BCUT2D eigenvalue weighted by atomic mass is 35.5. The fraction of sp³-hybridized carbons (Fsp3) is 0.200. The normalized spacial score (nSPS) is 12.4. The average molecular weight is 267 g/mol. The molecule has 0 radical (unpaired) electrons. The van der Waals surface area contributed by atoms with E-state index in [0.29, 0.717) is 12.0 Å². The van der Waals surface area contributed by atoms with Gasteiger partial charge in [-0.05, 0) is 36.6 Å². The molecule has 0 saturated carbocycles. The number of halogens is 3. The maximum absolute atomic E-state index is 13.1. The Morgan fingerprint density at radius 2 is 1.72 bits per heavy atom. The molecule has 2 rings (SSSR count). The molecule has 2 aromatic rings. The maximum Gasteiger partial charge on any atom is 0.126 e. The van der Waals surface area contributed by atoms with Crippen molar-refractivity contribution in [3.05, 3.63) is 70.8 Å². The zero-order valence-corrected chi connectivity index (χ0v) is 10.7. The molecule has 0 spiro atoms. The van der Waals surface area contributed by atoms with Crippen molar-refractivity contribution in [3.63, 3.8) is 0 Å². The Hall–Kier alpha value is -1.41. The van der Waals surface area contributed by atoms with E-state index in [0.717, 1.165) is 17.2 Å². The molecule has 0 fully saturated rings. The van der Waals surface area contributed by atoms with Crippen LogP contribution in [-0.4, -0.2) is 0 Å². The maximum atomic E-state index is 13.1. The summed E-state index contributed by atoms with van der Waals surface area (Å²) >= 11 is 6.20. The Morgan fingerprint density at radius 3 is 2.33 bits per heavy atom. The summed E-state index contributed by atoms with van der Waals surface area (Å²) in [5, 5.41) is -0.433. The lowest BCUT2D eigenvalue weighted by Crippen LogP contribution is -1.98. The van der Waals surface area contributed by atoms with Crippen LogP contribution in [0.4, 0.5) is 8.78 Å². The molecule has 0 amide bonds. The van der Waals surface area contributed by atoms with E-state index < -0.39 is 17.0 Å². The summed E-state index contributed by atoms with van der Waals surface area (Å²) in [4.78, 5) is 0. The molecule has 0 heterocycles. The van der Waals surface area contributed by atoms with Gasteiger partial charge in [0, 0.05) is 6.07 Å². The van der Waals surface area contributed by atoms with Crippen molar-refractivity contribution in [3.8, 4) is 0 Å². The Labute approximate surface area is 110 Å². The second kappa shape index (κ2) is 5.49. The molecule has 0 aliphatic carbocycles. The summed E-state index contributed by atoms with van der Waals surface area (Å²) in [6.45, 7) is 1.99. The molecule has 94 valence electrons. The van der Waals surface area contributed by atoms with E-state index >= 15 is 0 Å². The van der Waals surface area contributed by atoms with Crippen LogP contribution < -0.4 is 0 Å². The number of benzene rings is 2. The lowest BCUT2D eigenvalue weighted by Gasteiger charge is -2.11. The molecular formula is C15H13ClF2. The van der Waals surface area contributed by atoms with Crippen molar-refractivity contribution in [1.29, 1.82) is 0 Å². The van der Waals surface area contributed by atoms with Crippen molar-refractivity contribution >= 4 is 11.6 Å². The van der Waals surface area contributed by atoms with Gasteiger partial charge in [-0.15, -0.1) is 11.6 Å². The molecule has 2 aromatic carbocycles. The van der Waals surface area contributed by atoms with E-state index in [1.165, 1.54) is 12.1 Å². The third-order valence-electron chi connectivity index (χ3n) is 2.74. The van der Waals surface area contributed by atoms with Gasteiger partial charge in [0.2, 0.25) is 0 Å². The van der Waals surface area contributed by atoms with Crippen LogP contribution in [0.2, 0.25) is 0 Å². The largest absolute Gasteiger partial charge is 0.207 e. The zero-order chi connectivity index (χ0) is 13.1. The van der Waals surface area contributed by atoms with Crippen LogP contribution in [0, 0.1) is 18.6 Å². The summed E-state index contributed by atoms with van der Waals surface area (Å²) in [6, 6.07) is 11.3. The number of aryl methyl sites for hydroxylation is 1. The zero-order valence-electron chi connectivity index (χ0n) is 9.96.